The maximum absolute atomic E-state index is 14.2. The van der Waals surface area contributed by atoms with Crippen LogP contribution in [0.1, 0.15) is 0 Å². The Bertz CT molecular complexity index is 1140. The van der Waals surface area contributed by atoms with E-state index >= 15 is 0 Å². The molecule has 7 nitrogen and oxygen atoms in total. The highest BCUT2D eigenvalue weighted by Crippen LogP contribution is 2.33. The molecule has 9 heteroatoms. The van der Waals surface area contributed by atoms with Crippen LogP contribution in [-0.4, -0.2) is 34.4 Å². The van der Waals surface area contributed by atoms with Crippen LogP contribution in [0.15, 0.2) is 42.6 Å². The lowest BCUT2D eigenvalue weighted by Gasteiger charge is -2.12. The largest absolute Gasteiger partial charge is 0.493 e. The highest BCUT2D eigenvalue weighted by Gasteiger charge is 2.18. The van der Waals surface area contributed by atoms with Crippen molar-refractivity contribution in [2.75, 3.05) is 19.5 Å². The van der Waals surface area contributed by atoms with Gasteiger partial charge >= 0.3 is 0 Å². The van der Waals surface area contributed by atoms with Crippen LogP contribution in [0.5, 0.6) is 11.5 Å². The fourth-order valence-electron chi connectivity index (χ4n) is 2.80. The van der Waals surface area contributed by atoms with Gasteiger partial charge in [-0.3, -0.25) is 5.10 Å². The van der Waals surface area contributed by atoms with Crippen LogP contribution < -0.4 is 14.8 Å². The zero-order valence-corrected chi connectivity index (χ0v) is 15.0. The lowest BCUT2D eigenvalue weighted by Crippen LogP contribution is -2.02. The van der Waals surface area contributed by atoms with Crippen molar-refractivity contribution < 1.29 is 18.3 Å². The summed E-state index contributed by atoms with van der Waals surface area (Å²) >= 11 is 0. The number of halogens is 2. The molecule has 0 unspecified atom stereocenters. The second kappa shape index (κ2) is 7.10. The van der Waals surface area contributed by atoms with E-state index in [2.05, 4.69) is 25.5 Å². The first-order valence-electron chi connectivity index (χ1n) is 8.25. The number of aromatic amines is 1. The molecule has 0 saturated carbocycles. The van der Waals surface area contributed by atoms with Gasteiger partial charge in [0.15, 0.2) is 23.1 Å². The smallest absolute Gasteiger partial charge is 0.168 e. The van der Waals surface area contributed by atoms with Crippen molar-refractivity contribution in [3.8, 4) is 22.9 Å². The van der Waals surface area contributed by atoms with Gasteiger partial charge in [0.25, 0.3) is 0 Å². The van der Waals surface area contributed by atoms with Crippen molar-refractivity contribution >= 4 is 22.5 Å². The minimum atomic E-state index is -0.750. The molecule has 4 rings (SSSR count). The SMILES string of the molecule is COc1ccc(Nc2nc(-c3c(F)cccc3F)nc3cn[nH]c23)cc1OC. The Labute approximate surface area is 158 Å². The van der Waals surface area contributed by atoms with E-state index in [1.54, 1.807) is 25.3 Å². The average Bonchev–Trinajstić information content (AvgIpc) is 3.17. The molecule has 28 heavy (non-hydrogen) atoms. The molecule has 0 aliphatic carbocycles. The van der Waals surface area contributed by atoms with Crippen LogP contribution in [-0.2, 0) is 0 Å². The first-order valence-corrected chi connectivity index (χ1v) is 8.25. The zero-order chi connectivity index (χ0) is 19.7. The predicted molar refractivity (Wildman–Crippen MR) is 99.9 cm³/mol. The second-order valence-corrected chi connectivity index (χ2v) is 5.82. The maximum atomic E-state index is 14.2. The van der Waals surface area contributed by atoms with Gasteiger partial charge in [0.05, 0.1) is 26.0 Å². The van der Waals surface area contributed by atoms with Crippen molar-refractivity contribution in [1.82, 2.24) is 20.2 Å². The van der Waals surface area contributed by atoms with E-state index in [0.717, 1.165) is 12.1 Å². The second-order valence-electron chi connectivity index (χ2n) is 5.82. The summed E-state index contributed by atoms with van der Waals surface area (Å²) < 4.78 is 38.9. The quantitative estimate of drug-likeness (QED) is 0.541. The molecule has 2 aromatic heterocycles. The van der Waals surface area contributed by atoms with Crippen molar-refractivity contribution in [1.29, 1.82) is 0 Å². The summed E-state index contributed by atoms with van der Waals surface area (Å²) in [5.74, 6) is -0.195. The number of rotatable bonds is 5. The van der Waals surface area contributed by atoms with Gasteiger partial charge in [0.2, 0.25) is 0 Å². The van der Waals surface area contributed by atoms with Gasteiger partial charge in [-0.05, 0) is 24.3 Å². The Morgan fingerprint density at radius 3 is 2.43 bits per heavy atom. The predicted octanol–water partition coefficient (Wildman–Crippen LogP) is 4.06. The number of ether oxygens (including phenoxy) is 2. The minimum absolute atomic E-state index is 0.0903. The number of aromatic nitrogens is 4. The van der Waals surface area contributed by atoms with Crippen LogP contribution in [0.2, 0.25) is 0 Å². The Morgan fingerprint density at radius 1 is 0.964 bits per heavy atom. The van der Waals surface area contributed by atoms with E-state index in [0.29, 0.717) is 34.0 Å². The lowest BCUT2D eigenvalue weighted by molar-refractivity contribution is 0.355. The van der Waals surface area contributed by atoms with Gasteiger partial charge < -0.3 is 14.8 Å². The van der Waals surface area contributed by atoms with E-state index < -0.39 is 11.6 Å². The topological polar surface area (TPSA) is 85.0 Å². The number of benzene rings is 2. The Hall–Kier alpha value is -3.75. The molecule has 0 saturated heterocycles. The van der Waals surface area contributed by atoms with Gasteiger partial charge in [-0.1, -0.05) is 6.07 Å². The van der Waals surface area contributed by atoms with Crippen LogP contribution in [0, 0.1) is 11.6 Å². The van der Waals surface area contributed by atoms with E-state index in [1.807, 2.05) is 0 Å². The minimum Gasteiger partial charge on any atom is -0.493 e. The van der Waals surface area contributed by atoms with Gasteiger partial charge in [-0.15, -0.1) is 0 Å². The van der Waals surface area contributed by atoms with Crippen molar-refractivity contribution in [2.24, 2.45) is 0 Å². The maximum Gasteiger partial charge on any atom is 0.168 e. The molecule has 4 aromatic rings. The molecule has 0 bridgehead atoms. The third kappa shape index (κ3) is 3.07. The van der Waals surface area contributed by atoms with Crippen molar-refractivity contribution in [2.45, 2.75) is 0 Å². The highest BCUT2D eigenvalue weighted by molar-refractivity contribution is 5.88. The molecule has 2 heterocycles. The average molecular weight is 383 g/mol. The number of H-pyrrole nitrogens is 1. The summed E-state index contributed by atoms with van der Waals surface area (Å²) in [6, 6.07) is 8.80. The van der Waals surface area contributed by atoms with Gasteiger partial charge in [-0.2, -0.15) is 5.10 Å². The molecule has 0 amide bonds. The highest BCUT2D eigenvalue weighted by atomic mass is 19.1. The standard InChI is InChI=1S/C19H15F2N5O2/c1-27-14-7-6-10(8-15(14)28-2)23-19-17-13(9-22-26-17)24-18(25-19)16-11(20)4-3-5-12(16)21/h3-9H,1-2H3,(H,22,26)(H,23,24,25). The van der Waals surface area contributed by atoms with E-state index in [4.69, 9.17) is 9.47 Å². The molecular formula is C19H15F2N5O2. The normalized spacial score (nSPS) is 10.9. The summed E-state index contributed by atoms with van der Waals surface area (Å²) in [6.45, 7) is 0. The summed E-state index contributed by atoms with van der Waals surface area (Å²) in [5.41, 5.74) is 1.24. The first kappa shape index (κ1) is 17.7. The number of anilines is 2. The molecule has 2 N–H and O–H groups in total. The number of hydrogen-bond acceptors (Lipinski definition) is 6. The molecule has 142 valence electrons. The van der Waals surface area contributed by atoms with Crippen LogP contribution in [0.25, 0.3) is 22.4 Å². The van der Waals surface area contributed by atoms with E-state index in [1.165, 1.54) is 19.4 Å². The van der Waals surface area contributed by atoms with Gasteiger partial charge in [0, 0.05) is 11.8 Å². The fourth-order valence-corrected chi connectivity index (χ4v) is 2.80. The summed E-state index contributed by atoms with van der Waals surface area (Å²) in [6.07, 6.45) is 1.46. The van der Waals surface area contributed by atoms with Crippen LogP contribution >= 0.6 is 0 Å². The third-order valence-corrected chi connectivity index (χ3v) is 4.13. The van der Waals surface area contributed by atoms with Crippen LogP contribution in [0.3, 0.4) is 0 Å². The lowest BCUT2D eigenvalue weighted by atomic mass is 10.2. The molecular weight excluding hydrogens is 368 g/mol. The number of hydrogen-bond donors (Lipinski definition) is 2. The Morgan fingerprint density at radius 2 is 1.71 bits per heavy atom. The van der Waals surface area contributed by atoms with Gasteiger partial charge in [0.1, 0.15) is 22.7 Å². The third-order valence-electron chi connectivity index (χ3n) is 4.13. The van der Waals surface area contributed by atoms with E-state index in [9.17, 15) is 8.78 Å². The summed E-state index contributed by atoms with van der Waals surface area (Å²) in [5, 5.41) is 9.84. The number of nitrogens with one attached hydrogen (secondary N) is 2. The zero-order valence-electron chi connectivity index (χ0n) is 15.0. The number of fused-ring (bicyclic) bond motifs is 1. The monoisotopic (exact) mass is 383 g/mol. The van der Waals surface area contributed by atoms with Crippen molar-refractivity contribution in [3.05, 3.63) is 54.2 Å². The Kier molecular flexibility index (Phi) is 4.48. The first-order chi connectivity index (χ1) is 13.6. The number of nitrogens with zero attached hydrogens (tertiary/aromatic N) is 3. The van der Waals surface area contributed by atoms with Crippen molar-refractivity contribution in [3.63, 3.8) is 0 Å². The summed E-state index contributed by atoms with van der Waals surface area (Å²) in [7, 11) is 3.07. The van der Waals surface area contributed by atoms with Crippen LogP contribution in [0.4, 0.5) is 20.3 Å². The Balaban J connectivity index is 1.82. The molecule has 2 aromatic carbocycles. The molecule has 0 fully saturated rings. The molecule has 0 radical (unpaired) electrons. The van der Waals surface area contributed by atoms with Gasteiger partial charge in [-0.25, -0.2) is 18.7 Å². The molecule has 0 aliphatic heterocycles. The fraction of sp³-hybridized carbons (Fsp3) is 0.105. The molecule has 0 atom stereocenters. The molecule has 0 aliphatic rings. The molecule has 0 spiro atoms. The summed E-state index contributed by atoms with van der Waals surface area (Å²) in [4.78, 5) is 8.53. The van der Waals surface area contributed by atoms with E-state index in [-0.39, 0.29) is 11.4 Å². The number of methoxy groups -OCH3 is 2.